The van der Waals surface area contributed by atoms with Gasteiger partial charge in [0, 0.05) is 12.1 Å². The first-order valence-electron chi connectivity index (χ1n) is 7.79. The lowest BCUT2D eigenvalue weighted by Crippen LogP contribution is -2.35. The minimum atomic E-state index is -0.991. The van der Waals surface area contributed by atoms with E-state index < -0.39 is 29.1 Å². The number of hydrogen-bond donors (Lipinski definition) is 1. The third-order valence-electron chi connectivity index (χ3n) is 3.35. The molecule has 1 aromatic rings. The topological polar surface area (TPSA) is 117 Å². The molecule has 1 aromatic carbocycles. The van der Waals surface area contributed by atoms with Gasteiger partial charge in [-0.1, -0.05) is 6.92 Å². The molecule has 0 aliphatic rings. The Hall–Kier alpha value is -2.84. The summed E-state index contributed by atoms with van der Waals surface area (Å²) in [5, 5.41) is 13.8. The van der Waals surface area contributed by atoms with Crippen LogP contribution in [0.1, 0.15) is 37.6 Å². The van der Waals surface area contributed by atoms with Gasteiger partial charge in [0.2, 0.25) is 0 Å². The van der Waals surface area contributed by atoms with Gasteiger partial charge in [0.25, 0.3) is 11.6 Å². The summed E-state index contributed by atoms with van der Waals surface area (Å²) >= 11 is 0. The zero-order chi connectivity index (χ0) is 19.0. The zero-order valence-electron chi connectivity index (χ0n) is 14.7. The van der Waals surface area contributed by atoms with Gasteiger partial charge in [0.1, 0.15) is 5.56 Å². The van der Waals surface area contributed by atoms with Gasteiger partial charge in [-0.15, -0.1) is 0 Å². The molecular formula is C16H22N2O7. The molecule has 0 aliphatic carbocycles. The first-order chi connectivity index (χ1) is 11.8. The largest absolute Gasteiger partial charge is 0.493 e. The summed E-state index contributed by atoms with van der Waals surface area (Å²) < 4.78 is 15.2. The molecule has 1 N–H and O–H groups in total. The Morgan fingerprint density at radius 1 is 1.28 bits per heavy atom. The second kappa shape index (κ2) is 9.45. The van der Waals surface area contributed by atoms with Crippen LogP contribution in [-0.2, 0) is 9.53 Å². The molecule has 9 heteroatoms. The molecule has 9 nitrogen and oxygen atoms in total. The molecule has 0 saturated heterocycles. The number of benzene rings is 1. The first-order valence-corrected chi connectivity index (χ1v) is 7.79. The third kappa shape index (κ3) is 5.63. The van der Waals surface area contributed by atoms with E-state index in [0.717, 1.165) is 12.5 Å². The molecule has 25 heavy (non-hydrogen) atoms. The van der Waals surface area contributed by atoms with Crippen LogP contribution >= 0.6 is 0 Å². The molecule has 0 aromatic heterocycles. The standard InChI is InChI=1S/C16H22N2O7/c1-5-10(3)17-15(19)9-25-16(20)11-7-14(24-6-2)13(23-4)8-12(11)18(21)22/h7-8,10H,5-6,9H2,1-4H3,(H,17,19)/t10-/m0/s1. The highest BCUT2D eigenvalue weighted by atomic mass is 16.6. The minimum absolute atomic E-state index is 0.0638. The predicted octanol–water partition coefficient (Wildman–Crippen LogP) is 2.07. The van der Waals surface area contributed by atoms with E-state index in [4.69, 9.17) is 14.2 Å². The fourth-order valence-electron chi connectivity index (χ4n) is 1.92. The smallest absolute Gasteiger partial charge is 0.345 e. The van der Waals surface area contributed by atoms with Crippen molar-refractivity contribution >= 4 is 17.6 Å². The second-order valence-corrected chi connectivity index (χ2v) is 5.16. The van der Waals surface area contributed by atoms with E-state index in [1.807, 2.05) is 13.8 Å². The monoisotopic (exact) mass is 354 g/mol. The van der Waals surface area contributed by atoms with E-state index in [1.165, 1.54) is 13.2 Å². The highest BCUT2D eigenvalue weighted by molar-refractivity contribution is 5.96. The van der Waals surface area contributed by atoms with Gasteiger partial charge >= 0.3 is 5.97 Å². The fourth-order valence-corrected chi connectivity index (χ4v) is 1.92. The molecule has 1 atom stereocenters. The molecule has 1 amide bonds. The van der Waals surface area contributed by atoms with E-state index in [2.05, 4.69) is 5.32 Å². The second-order valence-electron chi connectivity index (χ2n) is 5.16. The third-order valence-corrected chi connectivity index (χ3v) is 3.35. The van der Waals surface area contributed by atoms with Crippen molar-refractivity contribution in [2.75, 3.05) is 20.3 Å². The molecule has 0 spiro atoms. The lowest BCUT2D eigenvalue weighted by Gasteiger charge is -2.13. The molecular weight excluding hydrogens is 332 g/mol. The maximum absolute atomic E-state index is 12.2. The van der Waals surface area contributed by atoms with Gasteiger partial charge in [-0.05, 0) is 20.3 Å². The first kappa shape index (κ1) is 20.2. The summed E-state index contributed by atoms with van der Waals surface area (Å²) in [6.07, 6.45) is 0.724. The number of ether oxygens (including phenoxy) is 3. The van der Waals surface area contributed by atoms with Crippen molar-refractivity contribution in [2.45, 2.75) is 33.2 Å². The Morgan fingerprint density at radius 3 is 2.48 bits per heavy atom. The summed E-state index contributed by atoms with van der Waals surface area (Å²) in [4.78, 5) is 34.3. The number of nitrogens with one attached hydrogen (secondary N) is 1. The number of esters is 1. The Bertz CT molecular complexity index is 646. The van der Waals surface area contributed by atoms with E-state index in [9.17, 15) is 19.7 Å². The highest BCUT2D eigenvalue weighted by Crippen LogP contribution is 2.35. The normalized spacial score (nSPS) is 11.4. The average molecular weight is 354 g/mol. The van der Waals surface area contributed by atoms with Crippen LogP contribution in [0.2, 0.25) is 0 Å². The number of hydrogen-bond acceptors (Lipinski definition) is 7. The molecule has 0 saturated carbocycles. The van der Waals surface area contributed by atoms with Crippen LogP contribution in [0, 0.1) is 10.1 Å². The number of nitrogens with zero attached hydrogens (tertiary/aromatic N) is 1. The van der Waals surface area contributed by atoms with Gasteiger partial charge in [-0.2, -0.15) is 0 Å². The Labute approximate surface area is 145 Å². The van der Waals surface area contributed by atoms with Gasteiger partial charge in [-0.3, -0.25) is 14.9 Å². The van der Waals surface area contributed by atoms with Gasteiger partial charge in [-0.25, -0.2) is 4.79 Å². The number of carbonyl (C=O) groups excluding carboxylic acids is 2. The van der Waals surface area contributed by atoms with Crippen molar-refractivity contribution in [3.05, 3.63) is 27.8 Å². The maximum atomic E-state index is 12.2. The van der Waals surface area contributed by atoms with Crippen LogP contribution in [0.15, 0.2) is 12.1 Å². The summed E-state index contributed by atoms with van der Waals surface area (Å²) in [6.45, 7) is 5.17. The predicted molar refractivity (Wildman–Crippen MR) is 89.0 cm³/mol. The summed E-state index contributed by atoms with van der Waals surface area (Å²) in [5.74, 6) is -1.18. The number of carbonyl (C=O) groups is 2. The summed E-state index contributed by atoms with van der Waals surface area (Å²) in [6, 6.07) is 2.20. The van der Waals surface area contributed by atoms with Crippen molar-refractivity contribution in [1.82, 2.24) is 5.32 Å². The maximum Gasteiger partial charge on any atom is 0.345 e. The molecule has 0 bridgehead atoms. The lowest BCUT2D eigenvalue weighted by molar-refractivity contribution is -0.385. The minimum Gasteiger partial charge on any atom is -0.493 e. The van der Waals surface area contributed by atoms with E-state index in [-0.39, 0.29) is 29.7 Å². The van der Waals surface area contributed by atoms with E-state index in [0.29, 0.717) is 0 Å². The molecule has 0 heterocycles. The number of nitro benzene ring substituents is 1. The Balaban J connectivity index is 3.00. The van der Waals surface area contributed by atoms with Crippen LogP contribution in [-0.4, -0.2) is 43.2 Å². The van der Waals surface area contributed by atoms with Crippen LogP contribution < -0.4 is 14.8 Å². The molecule has 138 valence electrons. The summed E-state index contributed by atoms with van der Waals surface area (Å²) in [5.41, 5.74) is -0.807. The molecule has 0 aliphatic heterocycles. The average Bonchev–Trinajstić information content (AvgIpc) is 2.59. The lowest BCUT2D eigenvalue weighted by atomic mass is 10.1. The van der Waals surface area contributed by atoms with Crippen molar-refractivity contribution < 1.29 is 28.7 Å². The van der Waals surface area contributed by atoms with Crippen molar-refractivity contribution in [2.24, 2.45) is 0 Å². The van der Waals surface area contributed by atoms with Crippen LogP contribution in [0.3, 0.4) is 0 Å². The van der Waals surface area contributed by atoms with Crippen molar-refractivity contribution in [3.8, 4) is 11.5 Å². The molecule has 0 unspecified atom stereocenters. The van der Waals surface area contributed by atoms with Gasteiger partial charge < -0.3 is 19.5 Å². The number of amides is 1. The van der Waals surface area contributed by atoms with Gasteiger partial charge in [0.05, 0.1) is 24.7 Å². The fraction of sp³-hybridized carbons (Fsp3) is 0.500. The van der Waals surface area contributed by atoms with E-state index >= 15 is 0 Å². The van der Waals surface area contributed by atoms with Gasteiger partial charge in [0.15, 0.2) is 18.1 Å². The Morgan fingerprint density at radius 2 is 1.96 bits per heavy atom. The zero-order valence-corrected chi connectivity index (χ0v) is 14.7. The summed E-state index contributed by atoms with van der Waals surface area (Å²) in [7, 11) is 1.33. The van der Waals surface area contributed by atoms with Crippen molar-refractivity contribution in [1.29, 1.82) is 0 Å². The molecule has 0 radical (unpaired) electrons. The Kier molecular flexibility index (Phi) is 7.64. The van der Waals surface area contributed by atoms with Crippen LogP contribution in [0.25, 0.3) is 0 Å². The van der Waals surface area contributed by atoms with Crippen molar-refractivity contribution in [3.63, 3.8) is 0 Å². The molecule has 1 rings (SSSR count). The van der Waals surface area contributed by atoms with Crippen LogP contribution in [0.4, 0.5) is 5.69 Å². The highest BCUT2D eigenvalue weighted by Gasteiger charge is 2.26. The molecule has 0 fully saturated rings. The van der Waals surface area contributed by atoms with Crippen LogP contribution in [0.5, 0.6) is 11.5 Å². The quantitative estimate of drug-likeness (QED) is 0.410. The number of nitro groups is 1. The number of rotatable bonds is 9. The number of methoxy groups -OCH3 is 1. The van der Waals surface area contributed by atoms with E-state index in [1.54, 1.807) is 6.92 Å². The SMILES string of the molecule is CCOc1cc(C(=O)OCC(=O)N[C@@H](C)CC)c([N+](=O)[O-])cc1OC.